The van der Waals surface area contributed by atoms with Gasteiger partial charge in [-0.3, -0.25) is 0 Å². The third kappa shape index (κ3) is 2.74. The highest BCUT2D eigenvalue weighted by Crippen LogP contribution is 2.34. The zero-order valence-corrected chi connectivity index (χ0v) is 10.9. The summed E-state index contributed by atoms with van der Waals surface area (Å²) in [5.74, 6) is 0.741. The van der Waals surface area contributed by atoms with E-state index in [0.29, 0.717) is 11.6 Å². The van der Waals surface area contributed by atoms with Gasteiger partial charge in [-0.2, -0.15) is 0 Å². The van der Waals surface area contributed by atoms with E-state index >= 15 is 0 Å². The van der Waals surface area contributed by atoms with Crippen molar-refractivity contribution < 1.29 is 4.74 Å². The Morgan fingerprint density at radius 2 is 2.24 bits per heavy atom. The molecule has 0 aliphatic rings. The lowest BCUT2D eigenvalue weighted by molar-refractivity contribution is 0.416. The molecule has 0 fully saturated rings. The van der Waals surface area contributed by atoms with Crippen LogP contribution in [0.15, 0.2) is 18.2 Å². The van der Waals surface area contributed by atoms with Crippen molar-refractivity contribution in [2.24, 2.45) is 5.73 Å². The highest BCUT2D eigenvalue weighted by atomic mass is 35.5. The molecule has 1 aromatic carbocycles. The number of rotatable bonds is 4. The zero-order chi connectivity index (χ0) is 12.3. The van der Waals surface area contributed by atoms with Crippen LogP contribution in [0.1, 0.15) is 5.01 Å². The third-order valence-electron chi connectivity index (χ3n) is 2.22. The maximum absolute atomic E-state index is 5.97. The number of nitrogens with two attached hydrogens (primary N) is 1. The van der Waals surface area contributed by atoms with Crippen molar-refractivity contribution in [3.05, 3.63) is 28.2 Å². The summed E-state index contributed by atoms with van der Waals surface area (Å²) in [6.45, 7) is 0.571. The van der Waals surface area contributed by atoms with Crippen molar-refractivity contribution in [1.29, 1.82) is 0 Å². The van der Waals surface area contributed by atoms with Crippen LogP contribution in [-0.2, 0) is 6.42 Å². The number of nitrogens with zero attached hydrogens (tertiary/aromatic N) is 2. The Bertz CT molecular complexity index is 515. The Kier molecular flexibility index (Phi) is 3.93. The average Bonchev–Trinajstić information content (AvgIpc) is 2.78. The molecule has 0 saturated carbocycles. The molecule has 0 spiro atoms. The van der Waals surface area contributed by atoms with Crippen molar-refractivity contribution in [2.45, 2.75) is 6.42 Å². The molecule has 1 heterocycles. The lowest BCUT2D eigenvalue weighted by Gasteiger charge is -2.05. The first-order chi connectivity index (χ1) is 8.24. The SMILES string of the molecule is COc1ccc(Cl)cc1-c1nnc(CCN)s1. The molecular weight excluding hydrogens is 258 g/mol. The molecule has 4 nitrogen and oxygen atoms in total. The lowest BCUT2D eigenvalue weighted by atomic mass is 10.2. The van der Waals surface area contributed by atoms with Gasteiger partial charge in [-0.25, -0.2) is 0 Å². The van der Waals surface area contributed by atoms with E-state index in [2.05, 4.69) is 10.2 Å². The van der Waals surface area contributed by atoms with Gasteiger partial charge in [0, 0.05) is 11.4 Å². The van der Waals surface area contributed by atoms with Crippen LogP contribution in [0.3, 0.4) is 0 Å². The van der Waals surface area contributed by atoms with Crippen molar-refractivity contribution in [3.63, 3.8) is 0 Å². The van der Waals surface area contributed by atoms with Crippen LogP contribution >= 0.6 is 22.9 Å². The van der Waals surface area contributed by atoms with E-state index in [0.717, 1.165) is 27.7 Å². The molecule has 1 aromatic heterocycles. The highest BCUT2D eigenvalue weighted by Gasteiger charge is 2.12. The predicted molar refractivity (Wildman–Crippen MR) is 69.7 cm³/mol. The summed E-state index contributed by atoms with van der Waals surface area (Å²) >= 11 is 7.48. The van der Waals surface area contributed by atoms with Crippen LogP contribution in [0.25, 0.3) is 10.6 Å². The topological polar surface area (TPSA) is 61.0 Å². The van der Waals surface area contributed by atoms with Gasteiger partial charge in [0.1, 0.15) is 10.8 Å². The maximum Gasteiger partial charge on any atom is 0.151 e. The van der Waals surface area contributed by atoms with Crippen LogP contribution in [0, 0.1) is 0 Å². The Hall–Kier alpha value is -1.17. The molecule has 0 amide bonds. The van der Waals surface area contributed by atoms with Crippen LogP contribution in [0.4, 0.5) is 0 Å². The molecule has 0 saturated heterocycles. The van der Waals surface area contributed by atoms with Crippen molar-refractivity contribution in [2.75, 3.05) is 13.7 Å². The quantitative estimate of drug-likeness (QED) is 0.926. The fourth-order valence-corrected chi connectivity index (χ4v) is 2.48. The molecule has 0 radical (unpaired) electrons. The van der Waals surface area contributed by atoms with Gasteiger partial charge >= 0.3 is 0 Å². The van der Waals surface area contributed by atoms with Crippen molar-refractivity contribution in [3.8, 4) is 16.3 Å². The number of ether oxygens (including phenoxy) is 1. The molecule has 0 unspecified atom stereocenters. The van der Waals surface area contributed by atoms with E-state index in [-0.39, 0.29) is 0 Å². The molecule has 0 bridgehead atoms. The van der Waals surface area contributed by atoms with Gasteiger partial charge in [0.2, 0.25) is 0 Å². The van der Waals surface area contributed by atoms with E-state index in [1.54, 1.807) is 13.2 Å². The minimum absolute atomic E-state index is 0.571. The summed E-state index contributed by atoms with van der Waals surface area (Å²) in [7, 11) is 1.62. The second-order valence-corrected chi connectivity index (χ2v) is 4.88. The Morgan fingerprint density at radius 1 is 1.41 bits per heavy atom. The largest absolute Gasteiger partial charge is 0.496 e. The highest BCUT2D eigenvalue weighted by molar-refractivity contribution is 7.14. The third-order valence-corrected chi connectivity index (χ3v) is 3.47. The molecule has 2 rings (SSSR count). The fraction of sp³-hybridized carbons (Fsp3) is 0.273. The number of hydrogen-bond acceptors (Lipinski definition) is 5. The smallest absolute Gasteiger partial charge is 0.151 e. The van der Waals surface area contributed by atoms with E-state index in [9.17, 15) is 0 Å². The van der Waals surface area contributed by atoms with Crippen LogP contribution in [-0.4, -0.2) is 23.9 Å². The van der Waals surface area contributed by atoms with Crippen LogP contribution in [0.2, 0.25) is 5.02 Å². The summed E-state index contributed by atoms with van der Waals surface area (Å²) in [4.78, 5) is 0. The van der Waals surface area contributed by atoms with Gasteiger partial charge in [-0.15, -0.1) is 10.2 Å². The van der Waals surface area contributed by atoms with Gasteiger partial charge in [-0.05, 0) is 24.7 Å². The summed E-state index contributed by atoms with van der Waals surface area (Å²) < 4.78 is 5.28. The lowest BCUT2D eigenvalue weighted by Crippen LogP contribution is -2.01. The van der Waals surface area contributed by atoms with E-state index in [4.69, 9.17) is 22.1 Å². The van der Waals surface area contributed by atoms with E-state index in [1.807, 2.05) is 12.1 Å². The van der Waals surface area contributed by atoms with Crippen LogP contribution < -0.4 is 10.5 Å². The Balaban J connectivity index is 2.40. The first-order valence-corrected chi connectivity index (χ1v) is 6.30. The Morgan fingerprint density at radius 3 is 2.94 bits per heavy atom. The van der Waals surface area contributed by atoms with E-state index < -0.39 is 0 Å². The minimum atomic E-state index is 0.571. The molecule has 2 N–H and O–H groups in total. The minimum Gasteiger partial charge on any atom is -0.496 e. The monoisotopic (exact) mass is 269 g/mol. The van der Waals surface area contributed by atoms with Crippen LogP contribution in [0.5, 0.6) is 5.75 Å². The van der Waals surface area contributed by atoms with Gasteiger partial charge in [0.25, 0.3) is 0 Å². The number of methoxy groups -OCH3 is 1. The second kappa shape index (κ2) is 5.44. The summed E-state index contributed by atoms with van der Waals surface area (Å²) in [5.41, 5.74) is 6.34. The number of aromatic nitrogens is 2. The summed E-state index contributed by atoms with van der Waals surface area (Å²) in [6.07, 6.45) is 0.737. The molecule has 6 heteroatoms. The molecule has 0 atom stereocenters. The predicted octanol–water partition coefficient (Wildman–Crippen LogP) is 2.37. The molecule has 2 aromatic rings. The average molecular weight is 270 g/mol. The Labute approximate surface area is 108 Å². The second-order valence-electron chi connectivity index (χ2n) is 3.38. The standard InChI is InChI=1S/C11H12ClN3OS/c1-16-9-3-2-7(12)6-8(9)11-15-14-10(17-11)4-5-13/h2-3,6H,4-5,13H2,1H3. The van der Waals surface area contributed by atoms with Crippen molar-refractivity contribution in [1.82, 2.24) is 10.2 Å². The van der Waals surface area contributed by atoms with Gasteiger partial charge in [0.05, 0.1) is 12.7 Å². The van der Waals surface area contributed by atoms with Gasteiger partial charge in [-0.1, -0.05) is 22.9 Å². The zero-order valence-electron chi connectivity index (χ0n) is 9.31. The first-order valence-electron chi connectivity index (χ1n) is 5.11. The van der Waals surface area contributed by atoms with Crippen molar-refractivity contribution >= 4 is 22.9 Å². The fourth-order valence-electron chi connectivity index (χ4n) is 1.43. The normalized spacial score (nSPS) is 10.5. The number of hydrogen-bond donors (Lipinski definition) is 1. The number of halogens is 1. The summed E-state index contributed by atoms with van der Waals surface area (Å²) in [6, 6.07) is 5.43. The van der Waals surface area contributed by atoms with E-state index in [1.165, 1.54) is 11.3 Å². The first kappa shape index (κ1) is 12.3. The molecule has 0 aliphatic carbocycles. The van der Waals surface area contributed by atoms with Gasteiger partial charge < -0.3 is 10.5 Å². The van der Waals surface area contributed by atoms with Gasteiger partial charge in [0.15, 0.2) is 5.01 Å². The molecular formula is C11H12ClN3OS. The molecule has 90 valence electrons. The maximum atomic E-state index is 5.97. The summed E-state index contributed by atoms with van der Waals surface area (Å²) in [5, 5.41) is 10.6. The number of benzene rings is 1. The molecule has 0 aliphatic heterocycles. The molecule has 17 heavy (non-hydrogen) atoms.